The smallest absolute Gasteiger partial charge is 0.185 e. The molecule has 1 aliphatic heterocycles. The summed E-state index contributed by atoms with van der Waals surface area (Å²) in [4.78, 5) is 6.91. The monoisotopic (exact) mass is 436 g/mol. The predicted molar refractivity (Wildman–Crippen MR) is 111 cm³/mol. The third-order valence-corrected chi connectivity index (χ3v) is 8.38. The van der Waals surface area contributed by atoms with Crippen molar-refractivity contribution in [1.29, 1.82) is 0 Å². The van der Waals surface area contributed by atoms with E-state index in [4.69, 9.17) is 16.6 Å². The van der Waals surface area contributed by atoms with E-state index in [9.17, 15) is 12.8 Å². The van der Waals surface area contributed by atoms with Crippen LogP contribution < -0.4 is 4.90 Å². The molecule has 1 aliphatic rings. The number of aromatic nitrogens is 1. The molecule has 146 valence electrons. The summed E-state index contributed by atoms with van der Waals surface area (Å²) in [7, 11) is -3.54. The summed E-state index contributed by atoms with van der Waals surface area (Å²) < 4.78 is 39.1. The first-order valence-electron chi connectivity index (χ1n) is 8.90. The number of piperidine rings is 1. The highest BCUT2D eigenvalue weighted by molar-refractivity contribution is 7.92. The standard InChI is InChI=1S/C20H18ClFN2O2S2/c21-17-12-16(6-7-18(17)22)28(25,26)15-8-10-24(11-9-15)20-23-19(13-27-20)14-4-2-1-3-5-14/h1-7,12-13,15H,8-11H2. The molecule has 0 radical (unpaired) electrons. The van der Waals surface area contributed by atoms with Crippen LogP contribution in [-0.4, -0.2) is 31.7 Å². The Morgan fingerprint density at radius 1 is 1.11 bits per heavy atom. The average molecular weight is 437 g/mol. The Kier molecular flexibility index (Phi) is 5.40. The van der Waals surface area contributed by atoms with Crippen molar-refractivity contribution in [3.63, 3.8) is 0 Å². The number of halogens is 2. The highest BCUT2D eigenvalue weighted by Gasteiger charge is 2.32. The highest BCUT2D eigenvalue weighted by atomic mass is 35.5. The van der Waals surface area contributed by atoms with Gasteiger partial charge in [0, 0.05) is 24.0 Å². The van der Waals surface area contributed by atoms with Gasteiger partial charge >= 0.3 is 0 Å². The average Bonchev–Trinajstić information content (AvgIpc) is 3.21. The molecule has 3 aromatic rings. The van der Waals surface area contributed by atoms with E-state index in [-0.39, 0.29) is 9.92 Å². The molecule has 4 rings (SSSR count). The Morgan fingerprint density at radius 3 is 2.50 bits per heavy atom. The molecule has 0 amide bonds. The zero-order valence-electron chi connectivity index (χ0n) is 14.9. The van der Waals surface area contributed by atoms with Gasteiger partial charge in [0.1, 0.15) is 5.82 Å². The van der Waals surface area contributed by atoms with Gasteiger partial charge in [-0.25, -0.2) is 17.8 Å². The molecule has 0 bridgehead atoms. The van der Waals surface area contributed by atoms with Gasteiger partial charge in [0.2, 0.25) is 0 Å². The first-order valence-corrected chi connectivity index (χ1v) is 11.7. The largest absolute Gasteiger partial charge is 0.348 e. The lowest BCUT2D eigenvalue weighted by molar-refractivity contribution is 0.529. The first-order chi connectivity index (χ1) is 13.4. The second-order valence-corrected chi connectivity index (χ2v) is 10.2. The summed E-state index contributed by atoms with van der Waals surface area (Å²) in [6.45, 7) is 1.22. The van der Waals surface area contributed by atoms with Gasteiger partial charge in [0.25, 0.3) is 0 Å². The van der Waals surface area contributed by atoms with Crippen LogP contribution in [0.4, 0.5) is 9.52 Å². The maximum absolute atomic E-state index is 13.4. The maximum Gasteiger partial charge on any atom is 0.185 e. The maximum atomic E-state index is 13.4. The molecule has 1 aromatic heterocycles. The summed E-state index contributed by atoms with van der Waals surface area (Å²) in [5, 5.41) is 2.25. The second-order valence-electron chi connectivity index (χ2n) is 6.69. The van der Waals surface area contributed by atoms with Crippen LogP contribution in [0.1, 0.15) is 12.8 Å². The molecule has 8 heteroatoms. The number of anilines is 1. The van der Waals surface area contributed by atoms with E-state index >= 15 is 0 Å². The molecule has 1 saturated heterocycles. The Balaban J connectivity index is 1.46. The molecule has 0 spiro atoms. The lowest BCUT2D eigenvalue weighted by atomic mass is 10.1. The van der Waals surface area contributed by atoms with E-state index in [2.05, 4.69) is 4.90 Å². The molecule has 0 N–H and O–H groups in total. The molecule has 0 saturated carbocycles. The number of rotatable bonds is 4. The van der Waals surface area contributed by atoms with Crippen LogP contribution in [0.3, 0.4) is 0 Å². The van der Waals surface area contributed by atoms with Gasteiger partial charge in [-0.1, -0.05) is 41.9 Å². The molecular formula is C20H18ClFN2O2S2. The number of nitrogens with zero attached hydrogens (tertiary/aromatic N) is 2. The van der Waals surface area contributed by atoms with Crippen LogP contribution in [0.25, 0.3) is 11.3 Å². The van der Waals surface area contributed by atoms with Crippen LogP contribution in [0.5, 0.6) is 0 Å². The van der Waals surface area contributed by atoms with E-state index in [0.717, 1.165) is 22.5 Å². The number of sulfone groups is 1. The Hall–Kier alpha value is -1.96. The highest BCUT2D eigenvalue weighted by Crippen LogP contribution is 2.32. The van der Waals surface area contributed by atoms with Crippen molar-refractivity contribution in [2.45, 2.75) is 23.0 Å². The van der Waals surface area contributed by atoms with Gasteiger partial charge in [-0.15, -0.1) is 11.3 Å². The number of thiazole rings is 1. The van der Waals surface area contributed by atoms with Crippen LogP contribution in [0, 0.1) is 5.82 Å². The van der Waals surface area contributed by atoms with Crippen LogP contribution in [0.2, 0.25) is 5.02 Å². The van der Waals surface area contributed by atoms with Crippen molar-refractivity contribution < 1.29 is 12.8 Å². The molecule has 0 aliphatic carbocycles. The fourth-order valence-corrected chi connectivity index (χ4v) is 6.24. The fourth-order valence-electron chi connectivity index (χ4n) is 3.35. The zero-order valence-corrected chi connectivity index (χ0v) is 17.3. The number of hydrogen-bond acceptors (Lipinski definition) is 5. The molecule has 1 fully saturated rings. The topological polar surface area (TPSA) is 50.3 Å². The van der Waals surface area contributed by atoms with Gasteiger partial charge < -0.3 is 4.90 Å². The van der Waals surface area contributed by atoms with Crippen LogP contribution >= 0.6 is 22.9 Å². The third kappa shape index (κ3) is 3.79. The minimum atomic E-state index is -3.54. The van der Waals surface area contributed by atoms with E-state index in [1.165, 1.54) is 12.1 Å². The van der Waals surface area contributed by atoms with Crippen molar-refractivity contribution in [1.82, 2.24) is 4.98 Å². The van der Waals surface area contributed by atoms with Crippen molar-refractivity contribution in [3.8, 4) is 11.3 Å². The van der Waals surface area contributed by atoms with E-state index in [1.54, 1.807) is 11.3 Å². The first kappa shape index (κ1) is 19.4. The quantitative estimate of drug-likeness (QED) is 0.537. The predicted octanol–water partition coefficient (Wildman–Crippen LogP) is 5.05. The minimum Gasteiger partial charge on any atom is -0.348 e. The van der Waals surface area contributed by atoms with E-state index in [0.29, 0.717) is 25.9 Å². The van der Waals surface area contributed by atoms with Crippen LogP contribution in [-0.2, 0) is 9.84 Å². The number of benzene rings is 2. The van der Waals surface area contributed by atoms with E-state index < -0.39 is 20.9 Å². The van der Waals surface area contributed by atoms with Crippen molar-refractivity contribution in [2.75, 3.05) is 18.0 Å². The van der Waals surface area contributed by atoms with Gasteiger partial charge in [0.05, 0.1) is 20.9 Å². The van der Waals surface area contributed by atoms with Crippen LogP contribution in [0.15, 0.2) is 58.8 Å². The van der Waals surface area contributed by atoms with E-state index in [1.807, 2.05) is 35.7 Å². The van der Waals surface area contributed by atoms with Crippen molar-refractivity contribution in [3.05, 3.63) is 64.8 Å². The van der Waals surface area contributed by atoms with Gasteiger partial charge in [0.15, 0.2) is 15.0 Å². The summed E-state index contributed by atoms with van der Waals surface area (Å²) in [5.41, 5.74) is 1.99. The lowest BCUT2D eigenvalue weighted by Crippen LogP contribution is -2.39. The normalized spacial score (nSPS) is 15.7. The Bertz CT molecular complexity index is 1080. The fraction of sp³-hybridized carbons (Fsp3) is 0.250. The van der Waals surface area contributed by atoms with Gasteiger partial charge in [-0.3, -0.25) is 0 Å². The SMILES string of the molecule is O=S(=O)(c1ccc(F)c(Cl)c1)C1CCN(c2nc(-c3ccccc3)cs2)CC1. The summed E-state index contributed by atoms with van der Waals surface area (Å²) >= 11 is 7.33. The minimum absolute atomic E-state index is 0.0814. The summed E-state index contributed by atoms with van der Waals surface area (Å²) in [6.07, 6.45) is 0.995. The molecule has 2 aromatic carbocycles. The van der Waals surface area contributed by atoms with Gasteiger partial charge in [-0.05, 0) is 31.0 Å². The van der Waals surface area contributed by atoms with Crippen molar-refractivity contribution in [2.24, 2.45) is 0 Å². The molecule has 4 nitrogen and oxygen atoms in total. The second kappa shape index (κ2) is 7.81. The summed E-state index contributed by atoms with van der Waals surface area (Å²) in [6, 6.07) is 13.6. The molecular weight excluding hydrogens is 419 g/mol. The number of hydrogen-bond donors (Lipinski definition) is 0. The van der Waals surface area contributed by atoms with Gasteiger partial charge in [-0.2, -0.15) is 0 Å². The summed E-state index contributed by atoms with van der Waals surface area (Å²) in [5.74, 6) is -0.617. The Labute approximate surface area is 172 Å². The van der Waals surface area contributed by atoms with Crippen molar-refractivity contribution >= 4 is 37.9 Å². The molecule has 28 heavy (non-hydrogen) atoms. The Morgan fingerprint density at radius 2 is 1.82 bits per heavy atom. The zero-order chi connectivity index (χ0) is 19.7. The molecule has 0 unspecified atom stereocenters. The molecule has 2 heterocycles. The molecule has 0 atom stereocenters. The third-order valence-electron chi connectivity index (χ3n) is 4.93. The lowest BCUT2D eigenvalue weighted by Gasteiger charge is -2.31.